The quantitative estimate of drug-likeness (QED) is 0.0262. The van der Waals surface area contributed by atoms with E-state index in [9.17, 15) is 14.4 Å². The molecule has 0 aliphatic heterocycles. The molecule has 6 heteroatoms. The third-order valence-electron chi connectivity index (χ3n) is 11.9. The van der Waals surface area contributed by atoms with Gasteiger partial charge in [0, 0.05) is 19.3 Å². The van der Waals surface area contributed by atoms with Crippen LogP contribution in [0, 0.1) is 0 Å². The first kappa shape index (κ1) is 59.6. The number of rotatable bonds is 49. The topological polar surface area (TPSA) is 78.9 Å². The number of esters is 3. The van der Waals surface area contributed by atoms with Gasteiger partial charge in [-0.15, -0.1) is 0 Å². The van der Waals surface area contributed by atoms with Gasteiger partial charge in [0.25, 0.3) is 0 Å². The highest BCUT2D eigenvalue weighted by Crippen LogP contribution is 2.16. The highest BCUT2D eigenvalue weighted by molar-refractivity contribution is 5.71. The Balaban J connectivity index is 4.32. The first-order valence-corrected chi connectivity index (χ1v) is 27.0. The molecular weight excluding hydrogens is 769 g/mol. The minimum absolute atomic E-state index is 0.0748. The van der Waals surface area contributed by atoms with Crippen LogP contribution >= 0.6 is 0 Å². The fraction of sp³-hybridized carbons (Fsp3) is 0.839. The van der Waals surface area contributed by atoms with Crippen LogP contribution in [0.4, 0.5) is 0 Å². The van der Waals surface area contributed by atoms with Crippen molar-refractivity contribution in [3.05, 3.63) is 36.5 Å². The maximum atomic E-state index is 12.8. The van der Waals surface area contributed by atoms with Gasteiger partial charge in [-0.25, -0.2) is 0 Å². The molecule has 0 N–H and O–H groups in total. The Morgan fingerprint density at radius 2 is 0.629 bits per heavy atom. The Hall–Kier alpha value is -2.37. The number of hydrogen-bond donors (Lipinski definition) is 0. The molecule has 0 saturated heterocycles. The SMILES string of the molecule is CC/C=C\C/C=C\CCCCCCCCCC(=O)OC(COC(=O)CCCCCCC/C=C\CCCCC)COC(=O)CCCCCCCCCCCCCCCCCCCC. The van der Waals surface area contributed by atoms with Crippen LogP contribution < -0.4 is 0 Å². The molecule has 0 rings (SSSR count). The first-order chi connectivity index (χ1) is 30.5. The molecule has 362 valence electrons. The summed E-state index contributed by atoms with van der Waals surface area (Å²) in [6.07, 6.45) is 59.9. The van der Waals surface area contributed by atoms with E-state index in [0.29, 0.717) is 19.3 Å². The molecule has 0 aliphatic rings. The van der Waals surface area contributed by atoms with Crippen molar-refractivity contribution < 1.29 is 28.6 Å². The van der Waals surface area contributed by atoms with Crippen molar-refractivity contribution >= 4 is 17.9 Å². The van der Waals surface area contributed by atoms with Crippen LogP contribution in [0.1, 0.15) is 284 Å². The van der Waals surface area contributed by atoms with Gasteiger partial charge in [0.2, 0.25) is 0 Å². The first-order valence-electron chi connectivity index (χ1n) is 27.0. The van der Waals surface area contributed by atoms with Gasteiger partial charge in [-0.3, -0.25) is 14.4 Å². The molecule has 0 heterocycles. The molecular formula is C56H102O6. The molecule has 62 heavy (non-hydrogen) atoms. The van der Waals surface area contributed by atoms with E-state index in [-0.39, 0.29) is 31.1 Å². The summed E-state index contributed by atoms with van der Waals surface area (Å²) < 4.78 is 16.8. The number of carbonyl (C=O) groups is 3. The predicted molar refractivity (Wildman–Crippen MR) is 266 cm³/mol. The second kappa shape index (κ2) is 51.3. The van der Waals surface area contributed by atoms with Crippen molar-refractivity contribution in [2.45, 2.75) is 290 Å². The van der Waals surface area contributed by atoms with Crippen molar-refractivity contribution in [2.24, 2.45) is 0 Å². The van der Waals surface area contributed by atoms with Crippen LogP contribution in [0.2, 0.25) is 0 Å². The number of ether oxygens (including phenoxy) is 3. The summed E-state index contributed by atoms with van der Waals surface area (Å²) in [5.74, 6) is -0.880. The number of carbonyl (C=O) groups excluding carboxylic acids is 3. The zero-order chi connectivity index (χ0) is 45.1. The zero-order valence-corrected chi connectivity index (χ0v) is 41.4. The zero-order valence-electron chi connectivity index (χ0n) is 41.4. The van der Waals surface area contributed by atoms with Gasteiger partial charge in [-0.2, -0.15) is 0 Å². The van der Waals surface area contributed by atoms with Crippen molar-refractivity contribution in [3.63, 3.8) is 0 Å². The Labute approximate surface area is 385 Å². The van der Waals surface area contributed by atoms with Gasteiger partial charge in [0.05, 0.1) is 0 Å². The standard InChI is InChI=1S/C56H102O6/c1-4-7-10-13-16-19-22-25-27-28-29-30-32-34-37-40-43-46-49-55(58)61-52-53(51-60-54(57)48-45-42-39-36-33-24-21-18-15-12-9-6-3)62-56(59)50-47-44-41-38-35-31-26-23-20-17-14-11-8-5-2/h8,11,17-18,20-21,53H,4-7,9-10,12-16,19,22-52H2,1-3H3/b11-8-,20-17-,21-18-. The smallest absolute Gasteiger partial charge is 0.306 e. The predicted octanol–water partition coefficient (Wildman–Crippen LogP) is 17.7. The molecule has 0 bridgehead atoms. The molecule has 6 nitrogen and oxygen atoms in total. The third kappa shape index (κ3) is 48.7. The normalized spacial score (nSPS) is 12.2. The summed E-state index contributed by atoms with van der Waals surface area (Å²) in [4.78, 5) is 38.0. The number of hydrogen-bond acceptors (Lipinski definition) is 6. The summed E-state index contributed by atoms with van der Waals surface area (Å²) in [5.41, 5.74) is 0. The van der Waals surface area contributed by atoms with Gasteiger partial charge in [-0.1, -0.05) is 231 Å². The molecule has 0 aromatic carbocycles. The van der Waals surface area contributed by atoms with Crippen molar-refractivity contribution in [1.82, 2.24) is 0 Å². The fourth-order valence-electron chi connectivity index (χ4n) is 7.83. The van der Waals surface area contributed by atoms with Crippen LogP contribution in [0.5, 0.6) is 0 Å². The van der Waals surface area contributed by atoms with Crippen LogP contribution in [0.3, 0.4) is 0 Å². The van der Waals surface area contributed by atoms with E-state index in [1.54, 1.807) is 0 Å². The van der Waals surface area contributed by atoms with Crippen molar-refractivity contribution in [3.8, 4) is 0 Å². The molecule has 0 radical (unpaired) electrons. The van der Waals surface area contributed by atoms with E-state index in [1.165, 1.54) is 161 Å². The highest BCUT2D eigenvalue weighted by atomic mass is 16.6. The summed E-state index contributed by atoms with van der Waals surface area (Å²) in [5, 5.41) is 0. The van der Waals surface area contributed by atoms with E-state index in [1.807, 2.05) is 0 Å². The summed E-state index contributed by atoms with van der Waals surface area (Å²) in [6, 6.07) is 0. The van der Waals surface area contributed by atoms with Gasteiger partial charge in [0.1, 0.15) is 13.2 Å². The average Bonchev–Trinajstić information content (AvgIpc) is 3.27. The monoisotopic (exact) mass is 871 g/mol. The van der Waals surface area contributed by atoms with Crippen LogP contribution in [-0.4, -0.2) is 37.2 Å². The van der Waals surface area contributed by atoms with Crippen molar-refractivity contribution in [1.29, 1.82) is 0 Å². The summed E-state index contributed by atoms with van der Waals surface area (Å²) >= 11 is 0. The molecule has 0 spiro atoms. The van der Waals surface area contributed by atoms with Crippen LogP contribution in [-0.2, 0) is 28.6 Å². The summed E-state index contributed by atoms with van der Waals surface area (Å²) in [6.45, 7) is 6.53. The van der Waals surface area contributed by atoms with Gasteiger partial charge >= 0.3 is 17.9 Å². The average molecular weight is 871 g/mol. The van der Waals surface area contributed by atoms with E-state index in [4.69, 9.17) is 14.2 Å². The van der Waals surface area contributed by atoms with Gasteiger partial charge < -0.3 is 14.2 Å². The second-order valence-corrected chi connectivity index (χ2v) is 18.1. The molecule has 0 amide bonds. The Morgan fingerprint density at radius 1 is 0.339 bits per heavy atom. The fourth-order valence-corrected chi connectivity index (χ4v) is 7.83. The van der Waals surface area contributed by atoms with Gasteiger partial charge in [-0.05, 0) is 70.6 Å². The van der Waals surface area contributed by atoms with E-state index >= 15 is 0 Å². The Bertz CT molecular complexity index is 1050. The Morgan fingerprint density at radius 3 is 1.02 bits per heavy atom. The van der Waals surface area contributed by atoms with Crippen LogP contribution in [0.15, 0.2) is 36.5 Å². The van der Waals surface area contributed by atoms with Gasteiger partial charge in [0.15, 0.2) is 6.10 Å². The number of allylic oxidation sites excluding steroid dienone is 6. The largest absolute Gasteiger partial charge is 0.462 e. The molecule has 1 unspecified atom stereocenters. The molecule has 0 aliphatic carbocycles. The highest BCUT2D eigenvalue weighted by Gasteiger charge is 2.19. The lowest BCUT2D eigenvalue weighted by Crippen LogP contribution is -2.30. The van der Waals surface area contributed by atoms with Crippen molar-refractivity contribution in [2.75, 3.05) is 13.2 Å². The lowest BCUT2D eigenvalue weighted by Gasteiger charge is -2.18. The lowest BCUT2D eigenvalue weighted by molar-refractivity contribution is -0.167. The molecule has 0 fully saturated rings. The Kier molecular flexibility index (Phi) is 49.3. The van der Waals surface area contributed by atoms with Crippen LogP contribution in [0.25, 0.3) is 0 Å². The molecule has 1 atom stereocenters. The second-order valence-electron chi connectivity index (χ2n) is 18.1. The molecule has 0 saturated carbocycles. The van der Waals surface area contributed by atoms with E-state index < -0.39 is 6.10 Å². The maximum absolute atomic E-state index is 12.8. The van der Waals surface area contributed by atoms with E-state index in [0.717, 1.165) is 83.5 Å². The minimum atomic E-state index is -0.775. The molecule has 0 aromatic heterocycles. The molecule has 0 aromatic rings. The number of unbranched alkanes of at least 4 members (excludes halogenated alkanes) is 32. The summed E-state index contributed by atoms with van der Waals surface area (Å²) in [7, 11) is 0. The minimum Gasteiger partial charge on any atom is -0.462 e. The van der Waals surface area contributed by atoms with E-state index in [2.05, 4.69) is 57.2 Å². The maximum Gasteiger partial charge on any atom is 0.306 e. The lowest BCUT2D eigenvalue weighted by atomic mass is 10.0. The third-order valence-corrected chi connectivity index (χ3v) is 11.9.